The van der Waals surface area contributed by atoms with Gasteiger partial charge in [-0.3, -0.25) is 0 Å². The third kappa shape index (κ3) is 3.81. The summed E-state index contributed by atoms with van der Waals surface area (Å²) < 4.78 is 65.3. The van der Waals surface area contributed by atoms with Gasteiger partial charge in [-0.15, -0.1) is 0 Å². The Balaban J connectivity index is 1.85. The Kier molecular flexibility index (Phi) is 4.91. The van der Waals surface area contributed by atoms with Gasteiger partial charge in [0.2, 0.25) is 10.0 Å². The van der Waals surface area contributed by atoms with E-state index in [2.05, 4.69) is 15.0 Å². The van der Waals surface area contributed by atoms with Crippen LogP contribution < -0.4 is 10.0 Å². The fraction of sp³-hybridized carbons (Fsp3) is 0.188. The van der Waals surface area contributed by atoms with Crippen molar-refractivity contribution in [2.24, 2.45) is 0 Å². The lowest BCUT2D eigenvalue weighted by Crippen LogP contribution is -2.20. The van der Waals surface area contributed by atoms with Crippen molar-refractivity contribution in [1.29, 1.82) is 0 Å². The van der Waals surface area contributed by atoms with Crippen molar-refractivity contribution in [2.75, 3.05) is 12.4 Å². The van der Waals surface area contributed by atoms with Crippen LogP contribution in [-0.4, -0.2) is 20.4 Å². The van der Waals surface area contributed by atoms with Crippen LogP contribution in [-0.2, 0) is 22.7 Å². The van der Waals surface area contributed by atoms with Gasteiger partial charge in [0.15, 0.2) is 5.13 Å². The average molecular weight is 401 g/mol. The van der Waals surface area contributed by atoms with Crippen LogP contribution in [0.1, 0.15) is 11.1 Å². The third-order valence-electron chi connectivity index (χ3n) is 3.68. The molecule has 0 saturated carbocycles. The van der Waals surface area contributed by atoms with Gasteiger partial charge >= 0.3 is 6.18 Å². The fourth-order valence-corrected chi connectivity index (χ4v) is 4.18. The summed E-state index contributed by atoms with van der Waals surface area (Å²) in [6, 6.07) is 9.85. The second kappa shape index (κ2) is 6.86. The predicted molar refractivity (Wildman–Crippen MR) is 94.6 cm³/mol. The zero-order valence-electron chi connectivity index (χ0n) is 13.5. The molecule has 3 aromatic rings. The average Bonchev–Trinajstić information content (AvgIpc) is 3.01. The van der Waals surface area contributed by atoms with Crippen molar-refractivity contribution in [3.8, 4) is 0 Å². The summed E-state index contributed by atoms with van der Waals surface area (Å²) in [4.78, 5) is 4.29. The molecule has 0 unspecified atom stereocenters. The predicted octanol–water partition coefficient (Wildman–Crippen LogP) is 3.84. The topological polar surface area (TPSA) is 71.1 Å². The molecule has 10 heteroatoms. The van der Waals surface area contributed by atoms with Gasteiger partial charge in [0, 0.05) is 6.54 Å². The zero-order valence-corrected chi connectivity index (χ0v) is 15.1. The zero-order chi connectivity index (χ0) is 18.9. The third-order valence-corrected chi connectivity index (χ3v) is 6.18. The van der Waals surface area contributed by atoms with Gasteiger partial charge in [-0.2, -0.15) is 13.2 Å². The van der Waals surface area contributed by atoms with E-state index in [-0.39, 0.29) is 17.0 Å². The minimum Gasteiger partial charge on any atom is -0.357 e. The quantitative estimate of drug-likeness (QED) is 0.682. The molecule has 0 aliphatic rings. The first-order valence-corrected chi connectivity index (χ1v) is 9.74. The van der Waals surface area contributed by atoms with E-state index < -0.39 is 21.8 Å². The summed E-state index contributed by atoms with van der Waals surface area (Å²) in [5, 5.41) is 3.39. The van der Waals surface area contributed by atoms with Crippen molar-refractivity contribution < 1.29 is 21.6 Å². The Morgan fingerprint density at radius 1 is 1.15 bits per heavy atom. The lowest BCUT2D eigenvalue weighted by atomic mass is 10.2. The van der Waals surface area contributed by atoms with Crippen molar-refractivity contribution in [3.05, 3.63) is 53.6 Å². The van der Waals surface area contributed by atoms with Gasteiger partial charge in [0.05, 0.1) is 20.7 Å². The minimum atomic E-state index is -4.42. The number of hydrogen-bond donors (Lipinski definition) is 2. The fourth-order valence-electron chi connectivity index (χ4n) is 2.37. The molecule has 2 aromatic carbocycles. The molecule has 0 bridgehead atoms. The van der Waals surface area contributed by atoms with E-state index in [0.29, 0.717) is 15.4 Å². The molecule has 0 amide bonds. The van der Waals surface area contributed by atoms with E-state index >= 15 is 0 Å². The Bertz CT molecular complexity index is 1050. The monoisotopic (exact) mass is 401 g/mol. The van der Waals surface area contributed by atoms with E-state index in [4.69, 9.17) is 0 Å². The van der Waals surface area contributed by atoms with E-state index in [1.54, 1.807) is 18.2 Å². The Hall–Kier alpha value is -2.17. The number of nitrogens with one attached hydrogen (secondary N) is 2. The Morgan fingerprint density at radius 2 is 1.88 bits per heavy atom. The van der Waals surface area contributed by atoms with Crippen LogP contribution in [0.25, 0.3) is 10.2 Å². The number of nitrogens with zero attached hydrogens (tertiary/aromatic N) is 1. The van der Waals surface area contributed by atoms with Crippen LogP contribution in [0.4, 0.5) is 18.3 Å². The number of rotatable bonds is 5. The van der Waals surface area contributed by atoms with Gasteiger partial charge in [0.25, 0.3) is 0 Å². The van der Waals surface area contributed by atoms with Crippen LogP contribution in [0.3, 0.4) is 0 Å². The van der Waals surface area contributed by atoms with Crippen LogP contribution in [0.15, 0.2) is 47.4 Å². The molecule has 2 N–H and O–H groups in total. The molecule has 26 heavy (non-hydrogen) atoms. The summed E-state index contributed by atoms with van der Waals surface area (Å²) in [7, 11) is -2.29. The highest BCUT2D eigenvalue weighted by atomic mass is 32.2. The SMILES string of the molecule is CNS(=O)(=O)c1ccccc1CNc1nc2cc(C(F)(F)F)ccc2s1. The van der Waals surface area contributed by atoms with Crippen molar-refractivity contribution in [1.82, 2.24) is 9.71 Å². The molecule has 0 fully saturated rings. The van der Waals surface area contributed by atoms with E-state index in [1.807, 2.05) is 0 Å². The van der Waals surface area contributed by atoms with Crippen molar-refractivity contribution in [2.45, 2.75) is 17.6 Å². The highest BCUT2D eigenvalue weighted by Crippen LogP contribution is 2.34. The molecule has 0 atom stereocenters. The summed E-state index contributed by atoms with van der Waals surface area (Å²) in [6.07, 6.45) is -4.42. The number of sulfonamides is 1. The molecular formula is C16H14F3N3O2S2. The van der Waals surface area contributed by atoms with Crippen LogP contribution in [0, 0.1) is 0 Å². The molecule has 138 valence electrons. The normalized spacial score (nSPS) is 12.5. The molecule has 3 rings (SSSR count). The summed E-state index contributed by atoms with van der Waals surface area (Å²) in [5.41, 5.74) is 0.00727. The Labute approximate surface area is 151 Å². The maximum absolute atomic E-state index is 12.8. The summed E-state index contributed by atoms with van der Waals surface area (Å²) in [6.45, 7) is 0.170. The van der Waals surface area contributed by atoms with Crippen LogP contribution in [0.2, 0.25) is 0 Å². The first kappa shape index (κ1) is 18.6. The number of hydrogen-bond acceptors (Lipinski definition) is 5. The van der Waals surface area contributed by atoms with Gasteiger partial charge in [-0.05, 0) is 36.9 Å². The summed E-state index contributed by atoms with van der Waals surface area (Å²) >= 11 is 1.20. The molecule has 0 spiro atoms. The number of thiazole rings is 1. The van der Waals surface area contributed by atoms with E-state index in [9.17, 15) is 21.6 Å². The maximum Gasteiger partial charge on any atom is 0.416 e. The van der Waals surface area contributed by atoms with Crippen molar-refractivity contribution in [3.63, 3.8) is 0 Å². The van der Waals surface area contributed by atoms with Gasteiger partial charge in [-0.25, -0.2) is 18.1 Å². The second-order valence-corrected chi connectivity index (χ2v) is 8.25. The Morgan fingerprint density at radius 3 is 2.58 bits per heavy atom. The van der Waals surface area contributed by atoms with Gasteiger partial charge in [0.1, 0.15) is 0 Å². The highest BCUT2D eigenvalue weighted by Gasteiger charge is 2.30. The molecule has 1 aromatic heterocycles. The number of alkyl halides is 3. The smallest absolute Gasteiger partial charge is 0.357 e. The summed E-state index contributed by atoms with van der Waals surface area (Å²) in [5.74, 6) is 0. The first-order chi connectivity index (χ1) is 12.2. The molecule has 0 aliphatic carbocycles. The number of benzene rings is 2. The molecule has 0 aliphatic heterocycles. The lowest BCUT2D eigenvalue weighted by molar-refractivity contribution is -0.137. The first-order valence-electron chi connectivity index (χ1n) is 7.44. The molecule has 0 radical (unpaired) electrons. The number of anilines is 1. The van der Waals surface area contributed by atoms with E-state index in [1.165, 1.54) is 30.5 Å². The van der Waals surface area contributed by atoms with Crippen molar-refractivity contribution >= 4 is 36.7 Å². The number of aromatic nitrogens is 1. The number of halogens is 3. The maximum atomic E-state index is 12.8. The van der Waals surface area contributed by atoms with E-state index in [0.717, 1.165) is 12.1 Å². The van der Waals surface area contributed by atoms with Gasteiger partial charge in [-0.1, -0.05) is 29.5 Å². The molecular weight excluding hydrogens is 387 g/mol. The molecule has 0 saturated heterocycles. The van der Waals surface area contributed by atoms with Gasteiger partial charge < -0.3 is 5.32 Å². The largest absolute Gasteiger partial charge is 0.416 e. The molecule has 5 nitrogen and oxygen atoms in total. The van der Waals surface area contributed by atoms with Crippen LogP contribution >= 0.6 is 11.3 Å². The highest BCUT2D eigenvalue weighted by molar-refractivity contribution is 7.89. The lowest BCUT2D eigenvalue weighted by Gasteiger charge is -2.09. The minimum absolute atomic E-state index is 0.135. The number of fused-ring (bicyclic) bond motifs is 1. The second-order valence-electron chi connectivity index (χ2n) is 5.37. The molecule has 1 heterocycles. The standard InChI is InChI=1S/C16H14F3N3O2S2/c1-20-26(23,24)14-5-3-2-4-10(14)9-21-15-22-12-8-11(16(17,18)19)6-7-13(12)25-15/h2-8,20H,9H2,1H3,(H,21,22). The van der Waals surface area contributed by atoms with Crippen LogP contribution in [0.5, 0.6) is 0 Å².